The van der Waals surface area contributed by atoms with Crippen LogP contribution in [0.3, 0.4) is 0 Å². The summed E-state index contributed by atoms with van der Waals surface area (Å²) in [5.74, 6) is -3.66. The molecule has 270 valence electrons. The van der Waals surface area contributed by atoms with Crippen molar-refractivity contribution >= 4 is 60.9 Å². The molecule has 9 amide bonds. The molecule has 1 rings (SSSR count). The number of nitrogens with zero attached hydrogens (tertiary/aromatic N) is 1. The zero-order valence-corrected chi connectivity index (χ0v) is 28.4. The molecule has 1 aliphatic rings. The summed E-state index contributed by atoms with van der Waals surface area (Å²) in [6.07, 6.45) is 6.14. The minimum atomic E-state index is -1.12. The molecule has 0 saturated carbocycles. The van der Waals surface area contributed by atoms with Crippen molar-refractivity contribution < 1.29 is 43.2 Å². The van der Waals surface area contributed by atoms with Gasteiger partial charge in [0, 0.05) is 45.1 Å². The van der Waals surface area contributed by atoms with Crippen molar-refractivity contribution in [3.63, 3.8) is 0 Å². The summed E-state index contributed by atoms with van der Waals surface area (Å²) in [7, 11) is 5.10. The number of hydrogen-bond donors (Lipinski definition) is 7. The van der Waals surface area contributed by atoms with Crippen LogP contribution < -0.4 is 37.6 Å². The van der Waals surface area contributed by atoms with E-state index in [2.05, 4.69) is 31.9 Å². The first-order chi connectivity index (χ1) is 23.1. The number of unbranched alkanes of at least 4 members (excludes halogenated alkanes) is 3. The number of hydrogen-bond acceptors (Lipinski definition) is 9. The van der Waals surface area contributed by atoms with Crippen molar-refractivity contribution in [3.8, 4) is 0 Å². The van der Waals surface area contributed by atoms with E-state index in [9.17, 15) is 43.2 Å². The summed E-state index contributed by atoms with van der Waals surface area (Å²) in [6, 6.07) is -3.94. The predicted octanol–water partition coefficient (Wildman–Crippen LogP) is -1.85. The summed E-state index contributed by atoms with van der Waals surface area (Å²) >= 11 is 0. The molecular weight excluding hydrogens is 639 g/mol. The van der Waals surface area contributed by atoms with E-state index in [1.54, 1.807) is 13.8 Å². The lowest BCUT2D eigenvalue weighted by Gasteiger charge is -2.27. The second-order valence-electron chi connectivity index (χ2n) is 12.0. The van der Waals surface area contributed by atoms with Gasteiger partial charge in [-0.3, -0.25) is 38.5 Å². The van der Waals surface area contributed by atoms with Gasteiger partial charge in [0.1, 0.15) is 18.1 Å². The predicted molar refractivity (Wildman–Crippen MR) is 178 cm³/mol. The van der Waals surface area contributed by atoms with Gasteiger partial charge < -0.3 is 42.4 Å². The number of imide groups is 1. The molecule has 17 nitrogen and oxygen atoms in total. The van der Waals surface area contributed by atoms with E-state index in [-0.39, 0.29) is 49.9 Å². The molecule has 8 N–H and O–H groups in total. The topological polar surface area (TPSA) is 255 Å². The number of carbonyl (C=O) groups excluding carboxylic acids is 9. The highest BCUT2D eigenvalue weighted by atomic mass is 16.2. The molecule has 1 aliphatic heterocycles. The van der Waals surface area contributed by atoms with Crippen LogP contribution in [0.5, 0.6) is 0 Å². The summed E-state index contributed by atoms with van der Waals surface area (Å²) in [5, 5.41) is 15.3. The molecule has 0 fully saturated rings. The molecule has 18 heteroatoms. The Labute approximate surface area is 287 Å². The van der Waals surface area contributed by atoms with Gasteiger partial charge in [-0.2, -0.15) is 0 Å². The van der Waals surface area contributed by atoms with E-state index >= 15 is 0 Å². The quantitative estimate of drug-likeness (QED) is 0.0341. The number of amides is 9. The molecule has 2 radical (unpaired) electrons. The third-order valence-electron chi connectivity index (χ3n) is 7.41. The Bertz CT molecular complexity index is 1230. The Balaban J connectivity index is 2.61. The lowest BCUT2D eigenvalue weighted by Crippen LogP contribution is -2.58. The molecule has 1 heterocycles. The summed E-state index contributed by atoms with van der Waals surface area (Å²) in [6.45, 7) is 4.96. The van der Waals surface area contributed by atoms with Gasteiger partial charge in [0.25, 0.3) is 11.8 Å². The van der Waals surface area contributed by atoms with Crippen LogP contribution in [-0.2, 0) is 38.4 Å². The lowest BCUT2D eigenvalue weighted by molar-refractivity contribution is -0.137. The first kappa shape index (κ1) is 42.3. The smallest absolute Gasteiger partial charge is 0.312 e. The van der Waals surface area contributed by atoms with Crippen molar-refractivity contribution in [1.82, 2.24) is 36.8 Å². The number of urea groups is 1. The number of rotatable bonds is 24. The molecule has 1 unspecified atom stereocenters. The highest BCUT2D eigenvalue weighted by Gasteiger charge is 2.31. The molecule has 0 aromatic rings. The van der Waals surface area contributed by atoms with Gasteiger partial charge in [0.2, 0.25) is 29.5 Å². The molecule has 0 spiro atoms. The average molecular weight is 689 g/mol. The molecule has 0 aliphatic carbocycles. The maximum absolute atomic E-state index is 13.3. The molecule has 0 aromatic carbocycles. The Hall–Kier alpha value is -4.77. The van der Waals surface area contributed by atoms with Crippen molar-refractivity contribution in [3.05, 3.63) is 12.2 Å². The fourth-order valence-electron chi connectivity index (χ4n) is 4.82. The first-order valence-electron chi connectivity index (χ1n) is 16.4. The van der Waals surface area contributed by atoms with Crippen LogP contribution in [0.1, 0.15) is 78.6 Å². The average Bonchev–Trinajstić information content (AvgIpc) is 3.34. The van der Waals surface area contributed by atoms with Crippen LogP contribution in [0, 0.1) is 5.92 Å². The lowest BCUT2D eigenvalue weighted by atomic mass is 10.0. The van der Waals surface area contributed by atoms with E-state index in [1.165, 1.54) is 19.1 Å². The Kier molecular flexibility index (Phi) is 19.6. The SMILES string of the molecule is [B]C(=O)CNC(=O)[C@H](CCCNC(N)=O)NC(=O)C(NC(=O)[C@H](CCCCNC(=O)CCCCCN1C(=O)C=CC1=O)NC(C)=O)C(C)C. The van der Waals surface area contributed by atoms with Gasteiger partial charge in [0.15, 0.2) is 7.85 Å². The third-order valence-corrected chi connectivity index (χ3v) is 7.41. The standard InChI is InChI=1S/C31H49BN8O9/c1-19(2)27(30(48)38-21(11-9-16-35-31(33)49)28(46)36-18-23(32)42)39-29(47)22(37-20(3)41)10-6-7-15-34-24(43)12-5-4-8-17-40-25(44)13-14-26(40)45/h13-14,19,21-22,27H,4-12,15-18H2,1-3H3,(H,34,43)(H,36,46)(H,37,41)(H,38,48)(H,39,47)(H3,33,35,49)/t21-,22-,27?/m0/s1. The van der Waals surface area contributed by atoms with Crippen LogP contribution >= 0.6 is 0 Å². The number of primary amides is 1. The van der Waals surface area contributed by atoms with Gasteiger partial charge in [-0.1, -0.05) is 20.3 Å². The van der Waals surface area contributed by atoms with Crippen LogP contribution in [-0.4, -0.2) is 110 Å². The summed E-state index contributed by atoms with van der Waals surface area (Å²) < 4.78 is 0. The van der Waals surface area contributed by atoms with E-state index in [0.717, 1.165) is 4.90 Å². The van der Waals surface area contributed by atoms with Crippen molar-refractivity contribution in [2.24, 2.45) is 11.7 Å². The molecule has 0 aromatic heterocycles. The third kappa shape index (κ3) is 17.8. The largest absolute Gasteiger partial charge is 0.356 e. The molecular formula is C31H49BN8O9. The summed E-state index contributed by atoms with van der Waals surface area (Å²) in [4.78, 5) is 110. The highest BCUT2D eigenvalue weighted by molar-refractivity contribution is 6.58. The van der Waals surface area contributed by atoms with Crippen LogP contribution in [0.15, 0.2) is 12.2 Å². The van der Waals surface area contributed by atoms with Gasteiger partial charge in [-0.05, 0) is 50.9 Å². The normalized spacial score (nSPS) is 14.1. The monoisotopic (exact) mass is 688 g/mol. The fraction of sp³-hybridized carbons (Fsp3) is 0.645. The Morgan fingerprint density at radius 3 is 1.94 bits per heavy atom. The summed E-state index contributed by atoms with van der Waals surface area (Å²) in [5.41, 5.74) is 4.27. The van der Waals surface area contributed by atoms with E-state index in [1.807, 2.05) is 0 Å². The maximum Gasteiger partial charge on any atom is 0.312 e. The van der Waals surface area contributed by atoms with Crippen molar-refractivity contribution in [1.29, 1.82) is 0 Å². The van der Waals surface area contributed by atoms with Crippen molar-refractivity contribution in [2.45, 2.75) is 96.7 Å². The van der Waals surface area contributed by atoms with E-state index in [4.69, 9.17) is 13.6 Å². The highest BCUT2D eigenvalue weighted by Crippen LogP contribution is 2.09. The number of nitrogens with one attached hydrogen (secondary N) is 6. The number of nitrogens with two attached hydrogens (primary N) is 1. The van der Waals surface area contributed by atoms with Gasteiger partial charge >= 0.3 is 6.03 Å². The van der Waals surface area contributed by atoms with Crippen LogP contribution in [0.2, 0.25) is 0 Å². The first-order valence-corrected chi connectivity index (χ1v) is 16.4. The van der Waals surface area contributed by atoms with E-state index in [0.29, 0.717) is 45.2 Å². The van der Waals surface area contributed by atoms with Crippen LogP contribution in [0.25, 0.3) is 0 Å². The molecule has 49 heavy (non-hydrogen) atoms. The number of carbonyl (C=O) groups is 9. The Morgan fingerprint density at radius 2 is 1.35 bits per heavy atom. The van der Waals surface area contributed by atoms with Crippen molar-refractivity contribution in [2.75, 3.05) is 26.2 Å². The molecule has 0 bridgehead atoms. The van der Waals surface area contributed by atoms with Crippen LogP contribution in [0.4, 0.5) is 4.79 Å². The zero-order chi connectivity index (χ0) is 36.9. The fourth-order valence-corrected chi connectivity index (χ4v) is 4.82. The molecule has 0 saturated heterocycles. The maximum atomic E-state index is 13.3. The Morgan fingerprint density at radius 1 is 0.735 bits per heavy atom. The van der Waals surface area contributed by atoms with Gasteiger partial charge in [0.05, 0.1) is 12.2 Å². The van der Waals surface area contributed by atoms with E-state index < -0.39 is 65.9 Å². The second kappa shape index (κ2) is 22.7. The zero-order valence-electron chi connectivity index (χ0n) is 28.4. The second-order valence-corrected chi connectivity index (χ2v) is 12.0. The minimum Gasteiger partial charge on any atom is -0.356 e. The van der Waals surface area contributed by atoms with Gasteiger partial charge in [-0.25, -0.2) is 4.79 Å². The molecule has 3 atom stereocenters. The minimum absolute atomic E-state index is 0.0709. The van der Waals surface area contributed by atoms with Gasteiger partial charge in [-0.15, -0.1) is 0 Å².